The van der Waals surface area contributed by atoms with Gasteiger partial charge < -0.3 is 4.90 Å². The first-order chi connectivity index (χ1) is 7.13. The maximum Gasteiger partial charge on any atom is 0.219 e. The average Bonchev–Trinajstić information content (AvgIpc) is 2.43. The minimum atomic E-state index is 0.174. The fourth-order valence-corrected chi connectivity index (χ4v) is 1.89. The van der Waals surface area contributed by atoms with Crippen molar-refractivity contribution in [3.05, 3.63) is 12.2 Å². The molecule has 1 fully saturated rings. The lowest BCUT2D eigenvalue weighted by atomic mass is 10.3. The second-order valence-corrected chi connectivity index (χ2v) is 4.29. The normalized spacial score (nSPS) is 18.7. The molecule has 1 aliphatic heterocycles. The van der Waals surface area contributed by atoms with E-state index in [0.717, 1.165) is 44.7 Å². The summed E-state index contributed by atoms with van der Waals surface area (Å²) in [6, 6.07) is 0. The third-order valence-corrected chi connectivity index (χ3v) is 3.05. The summed E-state index contributed by atoms with van der Waals surface area (Å²) in [5.41, 5.74) is 1.05. The maximum atomic E-state index is 11.2. The lowest BCUT2D eigenvalue weighted by molar-refractivity contribution is -0.128. The summed E-state index contributed by atoms with van der Waals surface area (Å²) in [7, 11) is 0. The molecule has 86 valence electrons. The van der Waals surface area contributed by atoms with Crippen molar-refractivity contribution < 1.29 is 4.79 Å². The van der Waals surface area contributed by atoms with E-state index >= 15 is 0 Å². The first kappa shape index (κ1) is 12.5. The maximum absolute atomic E-state index is 11.2. The predicted molar refractivity (Wildman–Crippen MR) is 63.2 cm³/mol. The molecule has 0 atom stereocenters. The first-order valence-corrected chi connectivity index (χ1v) is 5.87. The Morgan fingerprint density at radius 1 is 1.33 bits per heavy atom. The SMILES string of the molecule is C=C(CCl)CN1CCCN(C(C)=O)CC1. The van der Waals surface area contributed by atoms with Crippen LogP contribution in [0, 0.1) is 0 Å². The van der Waals surface area contributed by atoms with Crippen LogP contribution in [-0.4, -0.2) is 54.3 Å². The van der Waals surface area contributed by atoms with Crippen molar-refractivity contribution in [2.24, 2.45) is 0 Å². The zero-order chi connectivity index (χ0) is 11.3. The molecular formula is C11H19ClN2O. The Kier molecular flexibility index (Phi) is 5.12. The highest BCUT2D eigenvalue weighted by Crippen LogP contribution is 2.06. The number of hydrogen-bond acceptors (Lipinski definition) is 2. The topological polar surface area (TPSA) is 23.6 Å². The number of alkyl halides is 1. The first-order valence-electron chi connectivity index (χ1n) is 5.34. The Bertz CT molecular complexity index is 243. The number of hydrogen-bond donors (Lipinski definition) is 0. The average molecular weight is 231 g/mol. The standard InChI is InChI=1S/C11H19ClN2O/c1-10(8-12)9-13-4-3-5-14(7-6-13)11(2)15/h1,3-9H2,2H3. The molecule has 0 saturated carbocycles. The van der Waals surface area contributed by atoms with E-state index in [1.807, 2.05) is 4.90 Å². The molecular weight excluding hydrogens is 212 g/mol. The van der Waals surface area contributed by atoms with Gasteiger partial charge in [-0.3, -0.25) is 9.69 Å². The van der Waals surface area contributed by atoms with Gasteiger partial charge >= 0.3 is 0 Å². The molecule has 0 bridgehead atoms. The van der Waals surface area contributed by atoms with Gasteiger partial charge in [0.15, 0.2) is 0 Å². The largest absolute Gasteiger partial charge is 0.342 e. The van der Waals surface area contributed by atoms with Gasteiger partial charge in [-0.05, 0) is 12.0 Å². The molecule has 4 heteroatoms. The van der Waals surface area contributed by atoms with Crippen molar-refractivity contribution in [2.45, 2.75) is 13.3 Å². The van der Waals surface area contributed by atoms with Gasteiger partial charge in [-0.15, -0.1) is 11.6 Å². The van der Waals surface area contributed by atoms with Gasteiger partial charge in [-0.1, -0.05) is 6.58 Å². The molecule has 1 aliphatic rings. The second-order valence-electron chi connectivity index (χ2n) is 4.02. The lowest BCUT2D eigenvalue weighted by Crippen LogP contribution is -2.34. The Morgan fingerprint density at radius 3 is 2.67 bits per heavy atom. The highest BCUT2D eigenvalue weighted by Gasteiger charge is 2.16. The molecule has 0 aliphatic carbocycles. The highest BCUT2D eigenvalue weighted by atomic mass is 35.5. The van der Waals surface area contributed by atoms with Crippen LogP contribution in [0.15, 0.2) is 12.2 Å². The van der Waals surface area contributed by atoms with Crippen LogP contribution in [0.2, 0.25) is 0 Å². The molecule has 1 rings (SSSR count). The third kappa shape index (κ3) is 4.22. The van der Waals surface area contributed by atoms with E-state index in [2.05, 4.69) is 11.5 Å². The minimum absolute atomic E-state index is 0.174. The van der Waals surface area contributed by atoms with Crippen molar-refractivity contribution in [1.82, 2.24) is 9.80 Å². The third-order valence-electron chi connectivity index (χ3n) is 2.67. The number of carbonyl (C=O) groups excluding carboxylic acids is 1. The van der Waals surface area contributed by atoms with Crippen molar-refractivity contribution in [3.63, 3.8) is 0 Å². The van der Waals surface area contributed by atoms with Crippen LogP contribution in [0.25, 0.3) is 0 Å². The molecule has 0 radical (unpaired) electrons. The van der Waals surface area contributed by atoms with Gasteiger partial charge in [0.25, 0.3) is 0 Å². The van der Waals surface area contributed by atoms with Crippen molar-refractivity contribution in [3.8, 4) is 0 Å². The Labute approximate surface area is 96.7 Å². The molecule has 0 aromatic rings. The number of carbonyl (C=O) groups is 1. The summed E-state index contributed by atoms with van der Waals surface area (Å²) in [6.07, 6.45) is 1.04. The van der Waals surface area contributed by atoms with Gasteiger partial charge in [-0.2, -0.15) is 0 Å². The van der Waals surface area contributed by atoms with E-state index in [9.17, 15) is 4.79 Å². The van der Waals surface area contributed by atoms with Crippen LogP contribution in [0.5, 0.6) is 0 Å². The Morgan fingerprint density at radius 2 is 2.07 bits per heavy atom. The number of nitrogens with zero attached hydrogens (tertiary/aromatic N) is 2. The van der Waals surface area contributed by atoms with Crippen LogP contribution in [0.4, 0.5) is 0 Å². The van der Waals surface area contributed by atoms with Crippen molar-refractivity contribution in [2.75, 3.05) is 38.6 Å². The number of amides is 1. The molecule has 0 N–H and O–H groups in total. The Hall–Kier alpha value is -0.540. The molecule has 15 heavy (non-hydrogen) atoms. The van der Waals surface area contributed by atoms with Gasteiger partial charge in [0.05, 0.1) is 0 Å². The molecule has 0 aromatic heterocycles. The summed E-state index contributed by atoms with van der Waals surface area (Å²) >= 11 is 5.70. The minimum Gasteiger partial charge on any atom is -0.342 e. The zero-order valence-corrected chi connectivity index (χ0v) is 10.1. The van der Waals surface area contributed by atoms with Gasteiger partial charge in [0.2, 0.25) is 5.91 Å². The lowest BCUT2D eigenvalue weighted by Gasteiger charge is -2.21. The highest BCUT2D eigenvalue weighted by molar-refractivity contribution is 6.19. The number of halogens is 1. The zero-order valence-electron chi connectivity index (χ0n) is 9.34. The fraction of sp³-hybridized carbons (Fsp3) is 0.727. The quantitative estimate of drug-likeness (QED) is 0.540. The number of rotatable bonds is 3. The monoisotopic (exact) mass is 230 g/mol. The smallest absolute Gasteiger partial charge is 0.219 e. The molecule has 1 heterocycles. The van der Waals surface area contributed by atoms with Crippen molar-refractivity contribution in [1.29, 1.82) is 0 Å². The van der Waals surface area contributed by atoms with Crippen LogP contribution >= 0.6 is 11.6 Å². The summed E-state index contributed by atoms with van der Waals surface area (Å²) in [5, 5.41) is 0. The van der Waals surface area contributed by atoms with Gasteiger partial charge in [0.1, 0.15) is 0 Å². The fourth-order valence-electron chi connectivity index (χ4n) is 1.80. The second kappa shape index (κ2) is 6.13. The van der Waals surface area contributed by atoms with Crippen LogP contribution in [0.1, 0.15) is 13.3 Å². The van der Waals surface area contributed by atoms with Gasteiger partial charge in [0, 0.05) is 45.5 Å². The molecule has 0 spiro atoms. The Balaban J connectivity index is 2.39. The van der Waals surface area contributed by atoms with E-state index in [1.54, 1.807) is 6.92 Å². The molecule has 3 nitrogen and oxygen atoms in total. The summed E-state index contributed by atoms with van der Waals surface area (Å²) in [6.45, 7) is 10.0. The molecule has 0 aromatic carbocycles. The van der Waals surface area contributed by atoms with Crippen LogP contribution in [0.3, 0.4) is 0 Å². The molecule has 1 amide bonds. The van der Waals surface area contributed by atoms with Crippen LogP contribution < -0.4 is 0 Å². The van der Waals surface area contributed by atoms with E-state index in [1.165, 1.54) is 0 Å². The molecule has 1 saturated heterocycles. The van der Waals surface area contributed by atoms with E-state index in [4.69, 9.17) is 11.6 Å². The van der Waals surface area contributed by atoms with Crippen LogP contribution in [-0.2, 0) is 4.79 Å². The van der Waals surface area contributed by atoms with E-state index in [-0.39, 0.29) is 5.91 Å². The summed E-state index contributed by atoms with van der Waals surface area (Å²) in [4.78, 5) is 15.4. The van der Waals surface area contributed by atoms with E-state index < -0.39 is 0 Å². The van der Waals surface area contributed by atoms with E-state index in [0.29, 0.717) is 5.88 Å². The summed E-state index contributed by atoms with van der Waals surface area (Å²) in [5.74, 6) is 0.695. The predicted octanol–water partition coefficient (Wildman–Crippen LogP) is 1.34. The van der Waals surface area contributed by atoms with Crippen molar-refractivity contribution >= 4 is 17.5 Å². The summed E-state index contributed by atoms with van der Waals surface area (Å²) < 4.78 is 0. The van der Waals surface area contributed by atoms with Gasteiger partial charge in [-0.25, -0.2) is 0 Å². The molecule has 0 unspecified atom stereocenters.